The number of unbranched alkanes of at least 4 members (excludes halogenated alkanes) is 1. The Bertz CT molecular complexity index is 163. The Hall–Kier alpha value is -0.333. The van der Waals surface area contributed by atoms with Crippen LogP contribution in [0.4, 0.5) is 0 Å². The summed E-state index contributed by atoms with van der Waals surface area (Å²) in [6.07, 6.45) is 2.99. The van der Waals surface area contributed by atoms with E-state index in [-0.39, 0.29) is 0 Å². The predicted molar refractivity (Wildman–Crippen MR) is 58.4 cm³/mol. The first kappa shape index (κ1) is 12.7. The van der Waals surface area contributed by atoms with Gasteiger partial charge in [-0.3, -0.25) is 0 Å². The number of nitriles is 1. The van der Waals surface area contributed by atoms with E-state index in [9.17, 15) is 0 Å². The molecule has 0 heterocycles. The molecule has 0 fully saturated rings. The molecule has 0 spiro atoms. The second kappa shape index (κ2) is 7.11. The maximum Gasteiger partial charge on any atom is 0.0621 e. The van der Waals surface area contributed by atoms with Gasteiger partial charge >= 0.3 is 0 Å². The Kier molecular flexibility index (Phi) is 6.92. The lowest BCUT2D eigenvalue weighted by Gasteiger charge is -2.21. The average Bonchev–Trinajstić information content (AvgIpc) is 2.05. The zero-order valence-electron chi connectivity index (χ0n) is 9.10. The van der Waals surface area contributed by atoms with Crippen molar-refractivity contribution in [3.63, 3.8) is 0 Å². The molecule has 0 saturated heterocycles. The molecule has 0 aromatic carbocycles. The van der Waals surface area contributed by atoms with Gasteiger partial charge in [-0.15, -0.1) is 0 Å². The largest absolute Gasteiger partial charge is 0.385 e. The van der Waals surface area contributed by atoms with Crippen LogP contribution >= 0.6 is 0 Å². The summed E-state index contributed by atoms with van der Waals surface area (Å²) in [4.78, 5) is 0. The molecule has 0 saturated carbocycles. The van der Waals surface area contributed by atoms with E-state index in [1.54, 1.807) is 7.11 Å². The molecule has 0 N–H and O–H groups in total. The molecule has 0 unspecified atom stereocenters. The number of rotatable bonds is 7. The zero-order valence-corrected chi connectivity index (χ0v) is 10.1. The van der Waals surface area contributed by atoms with Crippen LogP contribution in [0.1, 0.15) is 19.3 Å². The zero-order chi connectivity index (χ0) is 10.2. The van der Waals surface area contributed by atoms with Gasteiger partial charge in [-0.05, 0) is 12.8 Å². The molecule has 0 aliphatic carbocycles. The van der Waals surface area contributed by atoms with Crippen molar-refractivity contribution in [2.45, 2.75) is 44.4 Å². The van der Waals surface area contributed by atoms with Crippen molar-refractivity contribution in [1.82, 2.24) is 0 Å². The van der Waals surface area contributed by atoms with Crippen molar-refractivity contribution in [1.29, 1.82) is 5.26 Å². The van der Waals surface area contributed by atoms with Crippen molar-refractivity contribution >= 4 is 8.07 Å². The number of methoxy groups -OCH3 is 1. The monoisotopic (exact) mass is 199 g/mol. The Morgan fingerprint density at radius 2 is 1.85 bits per heavy atom. The van der Waals surface area contributed by atoms with Crippen LogP contribution < -0.4 is 0 Å². The van der Waals surface area contributed by atoms with Crippen LogP contribution in [0.3, 0.4) is 0 Å². The van der Waals surface area contributed by atoms with Crippen LogP contribution in [0.2, 0.25) is 25.2 Å². The molecule has 76 valence electrons. The van der Waals surface area contributed by atoms with Gasteiger partial charge < -0.3 is 4.74 Å². The summed E-state index contributed by atoms with van der Waals surface area (Å²) in [6.45, 7) is 5.69. The molecule has 0 aromatic rings. The van der Waals surface area contributed by atoms with Crippen molar-refractivity contribution in [3.8, 4) is 6.07 Å². The van der Waals surface area contributed by atoms with Crippen molar-refractivity contribution < 1.29 is 4.74 Å². The summed E-state index contributed by atoms with van der Waals surface area (Å²) in [6, 6.07) is 4.81. The number of hydrogen-bond acceptors (Lipinski definition) is 2. The summed E-state index contributed by atoms with van der Waals surface area (Å²) in [5.74, 6) is 0. The Morgan fingerprint density at radius 1 is 1.23 bits per heavy atom. The molecule has 0 aliphatic rings. The molecule has 0 rings (SSSR count). The third-order valence-corrected chi connectivity index (χ3v) is 5.76. The molecule has 13 heavy (non-hydrogen) atoms. The van der Waals surface area contributed by atoms with Gasteiger partial charge in [-0.1, -0.05) is 25.2 Å². The minimum atomic E-state index is -1.01. The Morgan fingerprint density at radius 3 is 2.38 bits per heavy atom. The fraction of sp³-hybridized carbons (Fsp3) is 0.900. The lowest BCUT2D eigenvalue weighted by molar-refractivity contribution is 0.199. The summed E-state index contributed by atoms with van der Waals surface area (Å²) < 4.78 is 5.03. The SMILES string of the molecule is COCCC[Si](C)(C)CCCC#N. The number of hydrogen-bond donors (Lipinski definition) is 0. The van der Waals surface area contributed by atoms with E-state index in [1.807, 2.05) is 0 Å². The van der Waals surface area contributed by atoms with Crippen LogP contribution in [0.25, 0.3) is 0 Å². The van der Waals surface area contributed by atoms with Gasteiger partial charge in [0, 0.05) is 28.2 Å². The van der Waals surface area contributed by atoms with E-state index >= 15 is 0 Å². The van der Waals surface area contributed by atoms with Crippen molar-refractivity contribution in [2.24, 2.45) is 0 Å². The van der Waals surface area contributed by atoms with Crippen LogP contribution in [0.5, 0.6) is 0 Å². The summed E-state index contributed by atoms with van der Waals surface area (Å²) in [7, 11) is 0.745. The second-order valence-electron chi connectivity index (χ2n) is 4.27. The van der Waals surface area contributed by atoms with E-state index in [0.717, 1.165) is 19.4 Å². The topological polar surface area (TPSA) is 33.0 Å². The fourth-order valence-corrected chi connectivity index (χ4v) is 3.95. The third-order valence-electron chi connectivity index (χ3n) is 2.34. The fourth-order valence-electron chi connectivity index (χ4n) is 1.47. The highest BCUT2D eigenvalue weighted by Gasteiger charge is 2.18. The van der Waals surface area contributed by atoms with Crippen LogP contribution in [0.15, 0.2) is 0 Å². The average molecular weight is 199 g/mol. The first-order valence-corrected chi connectivity index (χ1v) is 8.40. The van der Waals surface area contributed by atoms with Crippen LogP contribution in [0, 0.1) is 11.3 Å². The molecular formula is C10H21NOSi. The van der Waals surface area contributed by atoms with E-state index in [0.29, 0.717) is 0 Å². The summed E-state index contributed by atoms with van der Waals surface area (Å²) in [5, 5.41) is 8.42. The van der Waals surface area contributed by atoms with E-state index in [1.165, 1.54) is 18.5 Å². The third kappa shape index (κ3) is 8.01. The highest BCUT2D eigenvalue weighted by atomic mass is 28.3. The molecular weight excluding hydrogens is 178 g/mol. The standard InChI is InChI=1S/C10H21NOSi/c1-12-8-6-10-13(2,3)9-5-4-7-11/h4-6,8-10H2,1-3H3. The van der Waals surface area contributed by atoms with Gasteiger partial charge in [0.1, 0.15) is 0 Å². The maximum atomic E-state index is 8.42. The van der Waals surface area contributed by atoms with Gasteiger partial charge in [0.2, 0.25) is 0 Å². The van der Waals surface area contributed by atoms with Gasteiger partial charge in [0.05, 0.1) is 6.07 Å². The van der Waals surface area contributed by atoms with Gasteiger partial charge in [-0.2, -0.15) is 5.26 Å². The first-order valence-electron chi connectivity index (χ1n) is 4.98. The molecule has 0 atom stereocenters. The van der Waals surface area contributed by atoms with E-state index in [4.69, 9.17) is 10.00 Å². The first-order chi connectivity index (χ1) is 6.12. The highest BCUT2D eigenvalue weighted by molar-refractivity contribution is 6.77. The summed E-state index contributed by atoms with van der Waals surface area (Å²) >= 11 is 0. The molecule has 2 nitrogen and oxygen atoms in total. The molecule has 0 radical (unpaired) electrons. The Balaban J connectivity index is 3.49. The number of nitrogens with zero attached hydrogens (tertiary/aromatic N) is 1. The van der Waals surface area contributed by atoms with Crippen molar-refractivity contribution in [2.75, 3.05) is 13.7 Å². The normalized spacial score (nSPS) is 11.2. The van der Waals surface area contributed by atoms with Crippen LogP contribution in [-0.4, -0.2) is 21.8 Å². The Labute approximate surface area is 82.9 Å². The van der Waals surface area contributed by atoms with Crippen molar-refractivity contribution in [3.05, 3.63) is 0 Å². The smallest absolute Gasteiger partial charge is 0.0621 e. The lowest BCUT2D eigenvalue weighted by Crippen LogP contribution is -2.25. The van der Waals surface area contributed by atoms with Gasteiger partial charge in [-0.25, -0.2) is 0 Å². The molecule has 0 aromatic heterocycles. The highest BCUT2D eigenvalue weighted by Crippen LogP contribution is 2.20. The lowest BCUT2D eigenvalue weighted by atomic mass is 10.4. The minimum absolute atomic E-state index is 0.723. The van der Waals surface area contributed by atoms with Gasteiger partial charge in [0.25, 0.3) is 0 Å². The molecule has 0 bridgehead atoms. The predicted octanol–water partition coefficient (Wildman–Crippen LogP) is 3.04. The maximum absolute atomic E-state index is 8.42. The summed E-state index contributed by atoms with van der Waals surface area (Å²) in [5.41, 5.74) is 0. The molecule has 3 heteroatoms. The molecule has 0 aliphatic heterocycles. The number of ether oxygens (including phenoxy) is 1. The minimum Gasteiger partial charge on any atom is -0.385 e. The van der Waals surface area contributed by atoms with Crippen LogP contribution in [-0.2, 0) is 4.74 Å². The molecule has 0 amide bonds. The quantitative estimate of drug-likeness (QED) is 0.466. The van der Waals surface area contributed by atoms with E-state index < -0.39 is 8.07 Å². The van der Waals surface area contributed by atoms with E-state index in [2.05, 4.69) is 19.2 Å². The second-order valence-corrected chi connectivity index (χ2v) is 9.60. The van der Waals surface area contributed by atoms with Gasteiger partial charge in [0.15, 0.2) is 0 Å².